The number of nitrogen functional groups attached to an aromatic ring is 1. The van der Waals surface area contributed by atoms with Crippen LogP contribution in [-0.4, -0.2) is 20.4 Å². The monoisotopic (exact) mass is 273 g/mol. The molecule has 5 nitrogen and oxygen atoms in total. The number of aromatic nitrogens is 4. The molecule has 0 saturated carbocycles. The lowest BCUT2D eigenvalue weighted by atomic mass is 10.0. The summed E-state index contributed by atoms with van der Waals surface area (Å²) in [5.74, 6) is -1.21. The number of anilines is 1. The number of hydrogen-bond acceptors (Lipinski definition) is 4. The zero-order valence-electron chi connectivity index (χ0n) is 10.1. The van der Waals surface area contributed by atoms with E-state index in [4.69, 9.17) is 5.73 Å². The van der Waals surface area contributed by atoms with Gasteiger partial charge in [0.1, 0.15) is 11.6 Å². The molecule has 0 aliphatic carbocycles. The number of nitrogens with one attached hydrogen (secondary N) is 1. The highest BCUT2D eigenvalue weighted by atomic mass is 19.1. The lowest BCUT2D eigenvalue weighted by Crippen LogP contribution is -1.91. The number of aromatic amines is 1. The highest BCUT2D eigenvalue weighted by Crippen LogP contribution is 2.34. The summed E-state index contributed by atoms with van der Waals surface area (Å²) in [5, 5.41) is 14.1. The van der Waals surface area contributed by atoms with Gasteiger partial charge in [-0.3, -0.25) is 5.10 Å². The van der Waals surface area contributed by atoms with Crippen molar-refractivity contribution in [2.75, 3.05) is 5.73 Å². The second-order valence-electron chi connectivity index (χ2n) is 4.15. The summed E-state index contributed by atoms with van der Waals surface area (Å²) in [4.78, 5) is 0. The molecule has 0 aliphatic heterocycles. The van der Waals surface area contributed by atoms with Crippen LogP contribution in [0.25, 0.3) is 22.4 Å². The van der Waals surface area contributed by atoms with Crippen LogP contribution in [0.4, 0.5) is 14.6 Å². The fourth-order valence-electron chi connectivity index (χ4n) is 1.99. The predicted molar refractivity (Wildman–Crippen MR) is 69.4 cm³/mol. The van der Waals surface area contributed by atoms with Crippen LogP contribution < -0.4 is 5.73 Å². The third-order valence-electron chi connectivity index (χ3n) is 2.82. The SMILES string of the molecule is Nc1n[nH]c(-c2ccnnc2)c1-c1cc(F)cc(F)c1. The van der Waals surface area contributed by atoms with E-state index in [-0.39, 0.29) is 5.82 Å². The summed E-state index contributed by atoms with van der Waals surface area (Å²) >= 11 is 0. The highest BCUT2D eigenvalue weighted by molar-refractivity contribution is 5.87. The second-order valence-corrected chi connectivity index (χ2v) is 4.15. The van der Waals surface area contributed by atoms with Gasteiger partial charge in [0, 0.05) is 11.6 Å². The molecule has 2 heterocycles. The van der Waals surface area contributed by atoms with Crippen LogP contribution in [0.5, 0.6) is 0 Å². The summed E-state index contributed by atoms with van der Waals surface area (Å²) in [5.41, 5.74) is 7.72. The average molecular weight is 273 g/mol. The van der Waals surface area contributed by atoms with Crippen molar-refractivity contribution in [1.29, 1.82) is 0 Å². The Kier molecular flexibility index (Phi) is 2.86. The van der Waals surface area contributed by atoms with E-state index in [0.29, 0.717) is 22.4 Å². The van der Waals surface area contributed by atoms with Crippen molar-refractivity contribution >= 4 is 5.82 Å². The van der Waals surface area contributed by atoms with Crippen LogP contribution in [0.2, 0.25) is 0 Å². The molecule has 3 rings (SSSR count). The molecule has 3 N–H and O–H groups in total. The van der Waals surface area contributed by atoms with Crippen molar-refractivity contribution in [3.05, 3.63) is 48.3 Å². The Morgan fingerprint density at radius 3 is 2.40 bits per heavy atom. The highest BCUT2D eigenvalue weighted by Gasteiger charge is 2.16. The van der Waals surface area contributed by atoms with E-state index < -0.39 is 11.6 Å². The van der Waals surface area contributed by atoms with Crippen LogP contribution in [0, 0.1) is 11.6 Å². The van der Waals surface area contributed by atoms with Crippen LogP contribution >= 0.6 is 0 Å². The van der Waals surface area contributed by atoms with E-state index in [0.717, 1.165) is 6.07 Å². The molecule has 0 aliphatic rings. The summed E-state index contributed by atoms with van der Waals surface area (Å²) in [7, 11) is 0. The molecule has 3 aromatic rings. The molecule has 0 radical (unpaired) electrons. The lowest BCUT2D eigenvalue weighted by molar-refractivity contribution is 0.584. The Balaban J connectivity index is 2.22. The molecule has 2 aromatic heterocycles. The van der Waals surface area contributed by atoms with Crippen LogP contribution in [0.3, 0.4) is 0 Å². The number of hydrogen-bond donors (Lipinski definition) is 2. The number of nitrogens with two attached hydrogens (primary N) is 1. The summed E-state index contributed by atoms with van der Waals surface area (Å²) in [6, 6.07) is 4.89. The first-order valence-corrected chi connectivity index (χ1v) is 5.72. The molecular formula is C13H9F2N5. The van der Waals surface area contributed by atoms with E-state index in [1.54, 1.807) is 6.07 Å². The van der Waals surface area contributed by atoms with Gasteiger partial charge in [0.25, 0.3) is 0 Å². The summed E-state index contributed by atoms with van der Waals surface area (Å²) in [6.07, 6.45) is 3.01. The van der Waals surface area contributed by atoms with Gasteiger partial charge in [0.15, 0.2) is 5.82 Å². The fraction of sp³-hybridized carbons (Fsp3) is 0. The average Bonchev–Trinajstić information content (AvgIpc) is 2.80. The van der Waals surface area contributed by atoms with Crippen molar-refractivity contribution in [1.82, 2.24) is 20.4 Å². The van der Waals surface area contributed by atoms with Gasteiger partial charge < -0.3 is 5.73 Å². The van der Waals surface area contributed by atoms with Gasteiger partial charge in [-0.15, -0.1) is 0 Å². The molecule has 100 valence electrons. The van der Waals surface area contributed by atoms with Crippen molar-refractivity contribution < 1.29 is 8.78 Å². The topological polar surface area (TPSA) is 80.5 Å². The van der Waals surface area contributed by atoms with Gasteiger partial charge in [-0.25, -0.2) is 8.78 Å². The van der Waals surface area contributed by atoms with Crippen LogP contribution in [0.1, 0.15) is 0 Å². The van der Waals surface area contributed by atoms with Crippen molar-refractivity contribution in [3.8, 4) is 22.4 Å². The molecule has 7 heteroatoms. The Morgan fingerprint density at radius 2 is 1.75 bits per heavy atom. The smallest absolute Gasteiger partial charge is 0.153 e. The first-order valence-electron chi connectivity index (χ1n) is 5.72. The minimum atomic E-state index is -0.681. The Bertz CT molecular complexity index is 734. The number of benzene rings is 1. The van der Waals surface area contributed by atoms with Gasteiger partial charge in [-0.05, 0) is 23.8 Å². The number of H-pyrrole nitrogens is 1. The van der Waals surface area contributed by atoms with E-state index in [1.807, 2.05) is 0 Å². The first-order chi connectivity index (χ1) is 9.65. The number of rotatable bonds is 2. The quantitative estimate of drug-likeness (QED) is 0.751. The molecule has 0 saturated heterocycles. The van der Waals surface area contributed by atoms with Crippen LogP contribution in [0.15, 0.2) is 36.7 Å². The molecule has 0 bridgehead atoms. The van der Waals surface area contributed by atoms with Gasteiger partial charge in [-0.1, -0.05) is 0 Å². The minimum absolute atomic E-state index is 0.154. The molecule has 0 unspecified atom stereocenters. The largest absolute Gasteiger partial charge is 0.382 e. The van der Waals surface area contributed by atoms with Crippen molar-refractivity contribution in [2.24, 2.45) is 0 Å². The number of halogens is 2. The molecule has 1 aromatic carbocycles. The maximum absolute atomic E-state index is 13.4. The third-order valence-corrected chi connectivity index (χ3v) is 2.82. The maximum Gasteiger partial charge on any atom is 0.153 e. The third kappa shape index (κ3) is 2.09. The van der Waals surface area contributed by atoms with Crippen molar-refractivity contribution in [3.63, 3.8) is 0 Å². The summed E-state index contributed by atoms with van der Waals surface area (Å²) in [6.45, 7) is 0. The van der Waals surface area contributed by atoms with Crippen LogP contribution in [-0.2, 0) is 0 Å². The summed E-state index contributed by atoms with van der Waals surface area (Å²) < 4.78 is 26.7. The van der Waals surface area contributed by atoms with Gasteiger partial charge >= 0.3 is 0 Å². The molecule has 0 atom stereocenters. The van der Waals surface area contributed by atoms with E-state index >= 15 is 0 Å². The molecule has 20 heavy (non-hydrogen) atoms. The maximum atomic E-state index is 13.4. The zero-order valence-corrected chi connectivity index (χ0v) is 10.1. The first kappa shape index (κ1) is 12.2. The fourth-order valence-corrected chi connectivity index (χ4v) is 1.99. The number of nitrogens with zero attached hydrogens (tertiary/aromatic N) is 3. The standard InChI is InChI=1S/C13H9F2N5/c14-9-3-8(4-10(15)5-9)11-12(19-20-13(11)16)7-1-2-17-18-6-7/h1-6H,(H3,16,19,20). The van der Waals surface area contributed by atoms with Crippen molar-refractivity contribution in [2.45, 2.75) is 0 Å². The van der Waals surface area contributed by atoms with E-state index in [1.165, 1.54) is 24.5 Å². The molecule has 0 spiro atoms. The minimum Gasteiger partial charge on any atom is -0.382 e. The van der Waals surface area contributed by atoms with Gasteiger partial charge in [0.2, 0.25) is 0 Å². The Hall–Kier alpha value is -2.83. The lowest BCUT2D eigenvalue weighted by Gasteiger charge is -2.05. The van der Waals surface area contributed by atoms with Gasteiger partial charge in [-0.2, -0.15) is 15.3 Å². The molecule has 0 amide bonds. The van der Waals surface area contributed by atoms with Gasteiger partial charge in [0.05, 0.1) is 23.7 Å². The second kappa shape index (κ2) is 4.69. The van der Waals surface area contributed by atoms with E-state index in [2.05, 4.69) is 20.4 Å². The molecule has 0 fully saturated rings. The normalized spacial score (nSPS) is 10.7. The predicted octanol–water partition coefficient (Wildman–Crippen LogP) is 2.39. The van der Waals surface area contributed by atoms with E-state index in [9.17, 15) is 8.78 Å². The Morgan fingerprint density at radius 1 is 1.00 bits per heavy atom. The Labute approximate surface area is 112 Å². The zero-order chi connectivity index (χ0) is 14.1. The molecular weight excluding hydrogens is 264 g/mol.